The maximum Gasteiger partial charge on any atom is 0.573 e. The largest absolute Gasteiger partial charge is 0.573 e. The standard InChI is InChI=1S/C23H21F5O/c1-2-13-3-9-17-15(11-13)6-10-18-19(17)12-20(24)21(22(18)25)14-4-7-16(8-5-14)29-23(26,27)28/h2,4-5,7-8,12-13,15,17H,1,3,6,9-11H2. The fourth-order valence-corrected chi connectivity index (χ4v) is 4.92. The molecule has 0 spiro atoms. The van der Waals surface area contributed by atoms with Crippen molar-refractivity contribution in [1.82, 2.24) is 0 Å². The lowest BCUT2D eigenvalue weighted by Crippen LogP contribution is -2.28. The second-order valence-corrected chi connectivity index (χ2v) is 7.90. The van der Waals surface area contributed by atoms with Crippen molar-refractivity contribution >= 4 is 0 Å². The number of alkyl halides is 3. The van der Waals surface area contributed by atoms with Crippen molar-refractivity contribution < 1.29 is 26.7 Å². The molecule has 0 radical (unpaired) electrons. The van der Waals surface area contributed by atoms with E-state index >= 15 is 4.39 Å². The highest BCUT2D eigenvalue weighted by molar-refractivity contribution is 5.68. The zero-order chi connectivity index (χ0) is 20.8. The summed E-state index contributed by atoms with van der Waals surface area (Å²) < 4.78 is 71.0. The number of halogens is 5. The molecular weight excluding hydrogens is 387 g/mol. The summed E-state index contributed by atoms with van der Waals surface area (Å²) in [7, 11) is 0. The SMILES string of the molecule is C=CC1CCC2c3cc(F)c(-c4ccc(OC(F)(F)F)cc4)c(F)c3CCC2C1. The Morgan fingerprint density at radius 1 is 1.03 bits per heavy atom. The van der Waals surface area contributed by atoms with Gasteiger partial charge in [-0.25, -0.2) is 8.78 Å². The average molecular weight is 408 g/mol. The Morgan fingerprint density at radius 3 is 2.41 bits per heavy atom. The van der Waals surface area contributed by atoms with Crippen LogP contribution in [0.15, 0.2) is 43.0 Å². The van der Waals surface area contributed by atoms with Crippen LogP contribution in [0.4, 0.5) is 22.0 Å². The Balaban J connectivity index is 1.67. The van der Waals surface area contributed by atoms with Gasteiger partial charge in [0, 0.05) is 0 Å². The molecule has 2 aromatic carbocycles. The van der Waals surface area contributed by atoms with Gasteiger partial charge in [0.15, 0.2) is 0 Å². The van der Waals surface area contributed by atoms with Crippen LogP contribution in [0.5, 0.6) is 5.75 Å². The molecular formula is C23H21F5O. The molecule has 2 aliphatic rings. The van der Waals surface area contributed by atoms with Crippen LogP contribution in [0.3, 0.4) is 0 Å². The monoisotopic (exact) mass is 408 g/mol. The van der Waals surface area contributed by atoms with Gasteiger partial charge in [-0.3, -0.25) is 0 Å². The second-order valence-electron chi connectivity index (χ2n) is 7.90. The highest BCUT2D eigenvalue weighted by atomic mass is 19.4. The van der Waals surface area contributed by atoms with Crippen LogP contribution >= 0.6 is 0 Å². The molecule has 0 bridgehead atoms. The molecule has 1 fully saturated rings. The molecule has 1 saturated carbocycles. The predicted molar refractivity (Wildman–Crippen MR) is 101 cm³/mol. The second kappa shape index (κ2) is 7.47. The molecule has 29 heavy (non-hydrogen) atoms. The number of hydrogen-bond acceptors (Lipinski definition) is 1. The molecule has 0 heterocycles. The first kappa shape index (κ1) is 19.9. The van der Waals surface area contributed by atoms with Gasteiger partial charge in [0.2, 0.25) is 0 Å². The summed E-state index contributed by atoms with van der Waals surface area (Å²) in [6.45, 7) is 3.87. The normalized spacial score (nSPS) is 23.8. The van der Waals surface area contributed by atoms with Gasteiger partial charge < -0.3 is 4.74 Å². The predicted octanol–water partition coefficient (Wildman–Crippen LogP) is 7.16. The highest BCUT2D eigenvalue weighted by Gasteiger charge is 2.37. The van der Waals surface area contributed by atoms with Crippen LogP contribution < -0.4 is 4.74 Å². The molecule has 0 N–H and O–H groups in total. The van der Waals surface area contributed by atoms with E-state index in [-0.39, 0.29) is 17.0 Å². The quantitative estimate of drug-likeness (QED) is 0.387. The van der Waals surface area contributed by atoms with Crippen molar-refractivity contribution in [2.75, 3.05) is 0 Å². The van der Waals surface area contributed by atoms with E-state index in [0.29, 0.717) is 23.8 Å². The molecule has 1 nitrogen and oxygen atoms in total. The van der Waals surface area contributed by atoms with E-state index < -0.39 is 23.7 Å². The van der Waals surface area contributed by atoms with Crippen LogP contribution in [0.25, 0.3) is 11.1 Å². The van der Waals surface area contributed by atoms with Crippen molar-refractivity contribution in [3.63, 3.8) is 0 Å². The van der Waals surface area contributed by atoms with E-state index in [2.05, 4.69) is 11.3 Å². The van der Waals surface area contributed by atoms with Crippen LogP contribution in [0.2, 0.25) is 0 Å². The lowest BCUT2D eigenvalue weighted by molar-refractivity contribution is -0.274. The number of ether oxygens (including phenoxy) is 1. The molecule has 0 aliphatic heterocycles. The zero-order valence-corrected chi connectivity index (χ0v) is 15.7. The molecule has 6 heteroatoms. The van der Waals surface area contributed by atoms with E-state index in [1.54, 1.807) is 0 Å². The maximum atomic E-state index is 15.3. The van der Waals surface area contributed by atoms with Gasteiger partial charge in [-0.05, 0) is 84.7 Å². The lowest BCUT2D eigenvalue weighted by atomic mass is 9.65. The maximum absolute atomic E-state index is 15.3. The summed E-state index contributed by atoms with van der Waals surface area (Å²) in [4.78, 5) is 0. The Kier molecular flexibility index (Phi) is 5.13. The summed E-state index contributed by atoms with van der Waals surface area (Å²) in [6, 6.07) is 6.05. The minimum Gasteiger partial charge on any atom is -0.406 e. The van der Waals surface area contributed by atoms with Gasteiger partial charge in [0.05, 0.1) is 5.56 Å². The number of benzene rings is 2. The topological polar surface area (TPSA) is 9.23 Å². The Labute approximate surface area is 166 Å². The molecule has 0 amide bonds. The van der Waals surface area contributed by atoms with Gasteiger partial charge in [-0.15, -0.1) is 19.8 Å². The van der Waals surface area contributed by atoms with Crippen LogP contribution in [0, 0.1) is 23.5 Å². The van der Waals surface area contributed by atoms with Crippen LogP contribution in [0.1, 0.15) is 42.7 Å². The number of hydrogen-bond donors (Lipinski definition) is 0. The summed E-state index contributed by atoms with van der Waals surface area (Å²) in [5.41, 5.74) is 1.28. The van der Waals surface area contributed by atoms with Crippen molar-refractivity contribution in [3.8, 4) is 16.9 Å². The molecule has 2 aromatic rings. The first-order valence-corrected chi connectivity index (χ1v) is 9.76. The van der Waals surface area contributed by atoms with Crippen molar-refractivity contribution in [2.24, 2.45) is 11.8 Å². The Bertz CT molecular complexity index is 916. The fraction of sp³-hybridized carbons (Fsp3) is 0.391. The summed E-state index contributed by atoms with van der Waals surface area (Å²) >= 11 is 0. The van der Waals surface area contributed by atoms with E-state index in [1.807, 2.05) is 6.08 Å². The van der Waals surface area contributed by atoms with Gasteiger partial charge in [0.25, 0.3) is 0 Å². The van der Waals surface area contributed by atoms with Crippen LogP contribution in [-0.2, 0) is 6.42 Å². The molecule has 4 rings (SSSR count). The lowest BCUT2D eigenvalue weighted by Gasteiger charge is -2.40. The Morgan fingerprint density at radius 2 is 1.76 bits per heavy atom. The Hall–Kier alpha value is -2.37. The van der Waals surface area contributed by atoms with Gasteiger partial charge in [-0.2, -0.15) is 0 Å². The summed E-state index contributed by atoms with van der Waals surface area (Å²) in [5, 5.41) is 0. The first-order chi connectivity index (χ1) is 13.8. The summed E-state index contributed by atoms with van der Waals surface area (Å²) in [6.07, 6.45) is 1.40. The third-order valence-corrected chi connectivity index (χ3v) is 6.25. The number of rotatable bonds is 3. The van der Waals surface area contributed by atoms with E-state index in [0.717, 1.165) is 43.4 Å². The molecule has 2 aliphatic carbocycles. The first-order valence-electron chi connectivity index (χ1n) is 9.76. The third-order valence-electron chi connectivity index (χ3n) is 6.25. The van der Waals surface area contributed by atoms with Gasteiger partial charge >= 0.3 is 6.36 Å². The minimum atomic E-state index is -4.81. The molecule has 3 unspecified atom stereocenters. The number of allylic oxidation sites excluding steroid dienone is 1. The molecule has 154 valence electrons. The van der Waals surface area contributed by atoms with E-state index in [9.17, 15) is 17.6 Å². The average Bonchev–Trinajstić information content (AvgIpc) is 2.67. The van der Waals surface area contributed by atoms with Gasteiger partial charge in [0.1, 0.15) is 17.4 Å². The smallest absolute Gasteiger partial charge is 0.406 e. The summed E-state index contributed by atoms with van der Waals surface area (Å²) in [5.74, 6) is -0.699. The van der Waals surface area contributed by atoms with Crippen LogP contribution in [-0.4, -0.2) is 6.36 Å². The van der Waals surface area contributed by atoms with Crippen molar-refractivity contribution in [2.45, 2.75) is 44.4 Å². The molecule has 0 aromatic heterocycles. The van der Waals surface area contributed by atoms with Crippen molar-refractivity contribution in [1.29, 1.82) is 0 Å². The highest BCUT2D eigenvalue weighted by Crippen LogP contribution is 2.49. The molecule has 3 atom stereocenters. The van der Waals surface area contributed by atoms with E-state index in [4.69, 9.17) is 0 Å². The molecule has 0 saturated heterocycles. The zero-order valence-electron chi connectivity index (χ0n) is 15.7. The number of fused-ring (bicyclic) bond motifs is 3. The fourth-order valence-electron chi connectivity index (χ4n) is 4.92. The third kappa shape index (κ3) is 3.89. The van der Waals surface area contributed by atoms with Gasteiger partial charge in [-0.1, -0.05) is 18.2 Å². The van der Waals surface area contributed by atoms with E-state index in [1.165, 1.54) is 18.2 Å². The minimum absolute atomic E-state index is 0.149. The van der Waals surface area contributed by atoms with Crippen molar-refractivity contribution in [3.05, 3.63) is 65.7 Å².